The third-order valence-electron chi connectivity index (χ3n) is 11.2. The summed E-state index contributed by atoms with van der Waals surface area (Å²) in [6.45, 7) is 32.6. The van der Waals surface area contributed by atoms with E-state index in [1.807, 2.05) is 46.6 Å². The van der Waals surface area contributed by atoms with E-state index < -0.39 is 30.4 Å². The minimum atomic E-state index is -1.94. The number of fused-ring (bicyclic) bond motifs is 2. The topological polar surface area (TPSA) is 141 Å². The van der Waals surface area contributed by atoms with E-state index in [1.54, 1.807) is 21.1 Å². The first-order chi connectivity index (χ1) is 30.1. The fraction of sp³-hybridized carbons (Fsp3) is 0.620. The molecule has 0 unspecified atom stereocenters. The van der Waals surface area contributed by atoms with Crippen LogP contribution in [-0.4, -0.2) is 101 Å². The van der Waals surface area contributed by atoms with E-state index in [0.717, 1.165) is 95.5 Å². The van der Waals surface area contributed by atoms with Crippen LogP contribution in [0.4, 0.5) is 0 Å². The summed E-state index contributed by atoms with van der Waals surface area (Å²) in [7, 11) is -2.88. The summed E-state index contributed by atoms with van der Waals surface area (Å²) >= 11 is 0. The molecule has 2 aromatic rings. The third kappa shape index (κ3) is 19.0. The van der Waals surface area contributed by atoms with Crippen LogP contribution in [0.15, 0.2) is 23.3 Å². The van der Waals surface area contributed by atoms with E-state index in [9.17, 15) is 23.5 Å². The predicted octanol–water partition coefficient (Wildman–Crippen LogP) is 12.8. The van der Waals surface area contributed by atoms with Gasteiger partial charge in [-0.05, 0) is 122 Å². The highest BCUT2D eigenvalue weighted by atomic mass is 31.2. The molecule has 366 valence electrons. The van der Waals surface area contributed by atoms with E-state index in [-0.39, 0.29) is 25.2 Å². The van der Waals surface area contributed by atoms with Crippen LogP contribution in [0.1, 0.15) is 101 Å². The molecule has 0 saturated carbocycles. The van der Waals surface area contributed by atoms with Crippen molar-refractivity contribution in [1.29, 1.82) is 0 Å². The molecule has 2 heterocycles. The van der Waals surface area contributed by atoms with Crippen LogP contribution in [0.25, 0.3) is 0 Å². The number of esters is 2. The normalized spacial score (nSPS) is 14.0. The number of aldehydes is 1. The molecule has 0 aromatic heterocycles. The lowest BCUT2D eigenvalue weighted by Gasteiger charge is -2.21. The third-order valence-corrected chi connectivity index (χ3v) is 17.5. The number of carbonyl (C=O) groups excluding carboxylic acids is 3. The van der Waals surface area contributed by atoms with Crippen LogP contribution in [-0.2, 0) is 49.5 Å². The molecule has 15 heteroatoms. The summed E-state index contributed by atoms with van der Waals surface area (Å²) in [5, 5.41) is 0. The van der Waals surface area contributed by atoms with E-state index in [2.05, 4.69) is 59.2 Å². The van der Waals surface area contributed by atoms with Crippen LogP contribution in [0.5, 0.6) is 23.0 Å². The molecule has 0 saturated heterocycles. The lowest BCUT2D eigenvalue weighted by molar-refractivity contribution is -0.104. The zero-order chi connectivity index (χ0) is 49.5. The quantitative estimate of drug-likeness (QED) is 0.0212. The molecule has 0 N–H and O–H groups in total. The van der Waals surface area contributed by atoms with Gasteiger partial charge in [0.05, 0.1) is 41.7 Å². The van der Waals surface area contributed by atoms with E-state index in [4.69, 9.17) is 28.4 Å². The maximum Gasteiger partial charge on any atom is 0.342 e. The summed E-state index contributed by atoms with van der Waals surface area (Å²) < 4.78 is 57.2. The molecule has 2 aliphatic heterocycles. The Bertz CT molecular complexity index is 2130. The Balaban J connectivity index is 0.000000395. The number of hydrogen-bond acceptors (Lipinski definition) is 11. The average Bonchev–Trinajstić information content (AvgIpc) is 3.78. The molecule has 0 fully saturated rings. The van der Waals surface area contributed by atoms with Gasteiger partial charge >= 0.3 is 11.9 Å². The average molecular weight is 977 g/mol. The van der Waals surface area contributed by atoms with Crippen molar-refractivity contribution in [2.24, 2.45) is 0 Å². The number of allylic oxidation sites excluding steroid dienone is 4. The van der Waals surface area contributed by atoms with Crippen molar-refractivity contribution in [3.05, 3.63) is 67.8 Å². The summed E-state index contributed by atoms with van der Waals surface area (Å²) in [6, 6.07) is 2.00. The number of carbonyl (C=O) groups is 3. The zero-order valence-electron chi connectivity index (χ0n) is 43.0. The Kier molecular flexibility index (Phi) is 22.8. The number of unbranched alkanes of at least 4 members (excludes halogenated alkanes) is 1. The van der Waals surface area contributed by atoms with Gasteiger partial charge in [-0.3, -0.25) is 4.79 Å². The second-order valence-electron chi connectivity index (χ2n) is 20.7. The maximum absolute atomic E-state index is 12.6. The molecule has 4 rings (SSSR count). The number of ether oxygens (including phenoxy) is 6. The van der Waals surface area contributed by atoms with Crippen molar-refractivity contribution in [3.8, 4) is 23.0 Å². The van der Waals surface area contributed by atoms with Crippen LogP contribution < -0.4 is 18.9 Å². The fourth-order valence-electron chi connectivity index (χ4n) is 7.38. The molecule has 0 aliphatic carbocycles. The van der Waals surface area contributed by atoms with E-state index >= 15 is 0 Å². The van der Waals surface area contributed by atoms with Crippen LogP contribution in [0, 0.1) is 13.8 Å². The van der Waals surface area contributed by atoms with Gasteiger partial charge in [-0.15, -0.1) is 0 Å². The Morgan fingerprint density at radius 2 is 1.08 bits per heavy atom. The van der Waals surface area contributed by atoms with E-state index in [1.165, 1.54) is 5.57 Å². The van der Waals surface area contributed by atoms with E-state index in [0.29, 0.717) is 60.0 Å². The minimum absolute atomic E-state index is 0.240. The molecule has 0 bridgehead atoms. The Morgan fingerprint density at radius 1 is 0.662 bits per heavy atom. The number of rotatable bonds is 22. The first-order valence-corrected chi connectivity index (χ1v) is 36.0. The Morgan fingerprint density at radius 3 is 1.42 bits per heavy atom. The Labute approximate surface area is 393 Å². The SMILES string of the molecule is CCCP(C)(C)=O.COc1c(C)c2c(c(OCC[Si](C)(C)C)c1C/C=C(\C)C=O)C(=O)OC2.COc1c(C)c2c(c(OCC[Si](C)(C)C)c1C/C=C(\C)CCCCP(C)(C)=O)C(=O)OC2. The smallest absolute Gasteiger partial charge is 0.342 e. The van der Waals surface area contributed by atoms with Crippen LogP contribution in [0.2, 0.25) is 51.4 Å². The van der Waals surface area contributed by atoms with Crippen LogP contribution >= 0.6 is 14.3 Å². The summed E-state index contributed by atoms with van der Waals surface area (Å²) in [5.74, 6) is 1.99. The van der Waals surface area contributed by atoms with Crippen molar-refractivity contribution < 1.29 is 51.9 Å². The van der Waals surface area contributed by atoms with Gasteiger partial charge in [-0.1, -0.05) is 63.9 Å². The molecule has 2 aromatic carbocycles. The highest BCUT2D eigenvalue weighted by Gasteiger charge is 2.35. The Hall–Kier alpha value is -3.38. The largest absolute Gasteiger partial charge is 0.496 e. The highest BCUT2D eigenvalue weighted by molar-refractivity contribution is 7.62. The second-order valence-corrected chi connectivity index (χ2v) is 39.1. The lowest BCUT2D eigenvalue weighted by Crippen LogP contribution is -2.23. The van der Waals surface area contributed by atoms with Gasteiger partial charge in [0.1, 0.15) is 53.6 Å². The molecule has 0 amide bonds. The molecule has 2 aliphatic rings. The van der Waals surface area contributed by atoms with Gasteiger partial charge in [-0.2, -0.15) is 0 Å². The van der Waals surface area contributed by atoms with Gasteiger partial charge < -0.3 is 37.6 Å². The first kappa shape index (κ1) is 57.8. The van der Waals surface area contributed by atoms with Gasteiger partial charge in [0.15, 0.2) is 0 Å². The van der Waals surface area contributed by atoms with Crippen LogP contribution in [0.3, 0.4) is 0 Å². The standard InChI is InChI=1S/C25H41O5PSi.C20H28O5Si.C5H13OP/c1-18(11-9-10-15-31(4,5)27)12-13-20-23(28-3)19(2)21-17-30-25(26)22(21)24(20)29-14-16-32(6,7)8;1-13(11-21)7-8-15-18(23-3)14(2)16-12-25-20(22)17(16)19(15)24-9-10-26(4,5)6;1-4-5-7(2,3)6/h12H,9-11,13-17H2,1-8H3;7,11H,8-10,12H2,1-6H3;4-5H2,1-3H3/b18-12+;13-7+;. The summed E-state index contributed by atoms with van der Waals surface area (Å²) in [5.41, 5.74) is 8.24. The van der Waals surface area contributed by atoms with Crippen molar-refractivity contribution in [1.82, 2.24) is 0 Å². The number of benzene rings is 2. The molecule has 65 heavy (non-hydrogen) atoms. The molecule has 0 spiro atoms. The zero-order valence-corrected chi connectivity index (χ0v) is 46.8. The monoisotopic (exact) mass is 976 g/mol. The van der Waals surface area contributed by atoms with Gasteiger partial charge in [0.25, 0.3) is 0 Å². The number of methoxy groups -OCH3 is 2. The number of cyclic esters (lactones) is 2. The van der Waals surface area contributed by atoms with Crippen molar-refractivity contribution in [3.63, 3.8) is 0 Å². The summed E-state index contributed by atoms with van der Waals surface area (Å²) in [6.07, 6.45) is 11.7. The molecule has 0 atom stereocenters. The fourth-order valence-corrected chi connectivity index (χ4v) is 10.9. The predicted molar refractivity (Wildman–Crippen MR) is 275 cm³/mol. The van der Waals surface area contributed by atoms with Gasteiger partial charge in [0.2, 0.25) is 0 Å². The molecular weight excluding hydrogens is 895 g/mol. The van der Waals surface area contributed by atoms with Gasteiger partial charge in [-0.25, -0.2) is 9.59 Å². The molecule has 11 nitrogen and oxygen atoms in total. The minimum Gasteiger partial charge on any atom is -0.496 e. The van der Waals surface area contributed by atoms with Crippen molar-refractivity contribution in [2.75, 3.05) is 66.4 Å². The first-order valence-electron chi connectivity index (χ1n) is 23.0. The molecule has 0 radical (unpaired) electrons. The van der Waals surface area contributed by atoms with Crippen molar-refractivity contribution >= 4 is 48.7 Å². The lowest BCUT2D eigenvalue weighted by atomic mass is 9.94. The number of hydrogen-bond donors (Lipinski definition) is 0. The molecular formula is C50H82O11P2Si2. The second kappa shape index (κ2) is 25.7. The van der Waals surface area contributed by atoms with Crippen molar-refractivity contribution in [2.45, 2.75) is 138 Å². The van der Waals surface area contributed by atoms with Gasteiger partial charge in [0, 0.05) is 50.7 Å². The highest BCUT2D eigenvalue weighted by Crippen LogP contribution is 2.45. The maximum atomic E-state index is 12.6. The summed E-state index contributed by atoms with van der Waals surface area (Å²) in [4.78, 5) is 35.9.